The van der Waals surface area contributed by atoms with Crippen LogP contribution in [-0.4, -0.2) is 14.2 Å². The first-order valence-electron chi connectivity index (χ1n) is 3.78. The minimum absolute atomic E-state index is 0.844. The Morgan fingerprint density at radius 2 is 2.00 bits per heavy atom. The molecule has 0 aromatic heterocycles. The van der Waals surface area contributed by atoms with E-state index in [1.165, 1.54) is 5.56 Å². The number of rotatable bonds is 3. The number of nitrogens with two attached hydrogens (primary N) is 1. The molecule has 0 saturated carbocycles. The molecule has 1 aromatic carbocycles. The summed E-state index contributed by atoms with van der Waals surface area (Å²) in [5.74, 6) is 0.844. The van der Waals surface area contributed by atoms with E-state index in [1.54, 1.807) is 19.7 Å². The molecule has 66 valence electrons. The number of ether oxygens (including phenoxy) is 1. The van der Waals surface area contributed by atoms with Gasteiger partial charge >= 0.3 is 0 Å². The lowest BCUT2D eigenvalue weighted by molar-refractivity contribution is -0.830. The molecule has 0 unspecified atom stereocenters. The lowest BCUT2D eigenvalue weighted by atomic mass is 10.2. The summed E-state index contributed by atoms with van der Waals surface area (Å²) in [6.07, 6.45) is 0. The number of aryl methyl sites for hydroxylation is 1. The zero-order valence-corrected chi connectivity index (χ0v) is 7.63. The molecule has 0 atom stereocenters. The highest BCUT2D eigenvalue weighted by molar-refractivity contribution is 5.46. The summed E-state index contributed by atoms with van der Waals surface area (Å²) < 4.78 is 5.17. The van der Waals surface area contributed by atoms with Crippen molar-refractivity contribution in [1.82, 2.24) is 0 Å². The third-order valence-corrected chi connectivity index (χ3v) is 1.63. The smallest absolute Gasteiger partial charge is 0.204 e. The maximum Gasteiger partial charge on any atom is 0.204 e. The predicted octanol–water partition coefficient (Wildman–Crippen LogP) is 0.760. The highest BCUT2D eigenvalue weighted by Crippen LogP contribution is 2.20. The third-order valence-electron chi connectivity index (χ3n) is 1.63. The number of methoxy groups -OCH3 is 1. The minimum atomic E-state index is 0.844. The number of hydrogen-bond acceptors (Lipinski definition) is 2. The Balaban J connectivity index is 2.94. The van der Waals surface area contributed by atoms with Crippen molar-refractivity contribution >= 4 is 5.69 Å². The van der Waals surface area contributed by atoms with Gasteiger partial charge in [-0.25, -0.2) is 4.84 Å². The standard InChI is InChI=1S/C9H13NO2/c1-7-4-5-8(10-12-3)9(6-7)11-2/h4-6,10H,1-3H3/p+1. The Kier molecular flexibility index (Phi) is 3.08. The van der Waals surface area contributed by atoms with E-state index in [1.807, 2.05) is 25.1 Å². The Hall–Kier alpha value is -1.06. The van der Waals surface area contributed by atoms with Gasteiger partial charge in [-0.2, -0.15) is 5.48 Å². The van der Waals surface area contributed by atoms with Gasteiger partial charge in [0.1, 0.15) is 0 Å². The van der Waals surface area contributed by atoms with Crippen LogP contribution < -0.4 is 10.2 Å². The highest BCUT2D eigenvalue weighted by atomic mass is 16.6. The quantitative estimate of drug-likeness (QED) is 0.534. The largest absolute Gasteiger partial charge is 0.491 e. The Morgan fingerprint density at radius 1 is 1.25 bits per heavy atom. The Labute approximate surface area is 72.3 Å². The summed E-state index contributed by atoms with van der Waals surface area (Å²) in [6, 6.07) is 5.97. The van der Waals surface area contributed by atoms with Gasteiger partial charge in [-0.05, 0) is 18.6 Å². The third kappa shape index (κ3) is 1.96. The molecule has 0 heterocycles. The molecule has 3 heteroatoms. The molecule has 3 nitrogen and oxygen atoms in total. The summed E-state index contributed by atoms with van der Waals surface area (Å²) >= 11 is 0. The zero-order valence-electron chi connectivity index (χ0n) is 7.63. The lowest BCUT2D eigenvalue weighted by Gasteiger charge is -2.04. The topological polar surface area (TPSA) is 35.1 Å². The molecule has 0 aliphatic rings. The monoisotopic (exact) mass is 168 g/mol. The van der Waals surface area contributed by atoms with Gasteiger partial charge in [0, 0.05) is 6.07 Å². The van der Waals surface area contributed by atoms with Gasteiger partial charge in [0.15, 0.2) is 5.75 Å². The molecule has 0 aliphatic carbocycles. The second-order valence-corrected chi connectivity index (χ2v) is 2.60. The van der Waals surface area contributed by atoms with Crippen molar-refractivity contribution in [2.75, 3.05) is 14.2 Å². The SMILES string of the molecule is CO[NH2+]c1ccc(C)cc1OC. The van der Waals surface area contributed by atoms with Crippen LogP contribution in [0.2, 0.25) is 0 Å². The molecule has 0 spiro atoms. The molecule has 12 heavy (non-hydrogen) atoms. The van der Waals surface area contributed by atoms with Crippen LogP contribution >= 0.6 is 0 Å². The van der Waals surface area contributed by atoms with Crippen LogP contribution in [0.3, 0.4) is 0 Å². The fourth-order valence-electron chi connectivity index (χ4n) is 1.04. The van der Waals surface area contributed by atoms with Crippen molar-refractivity contribution in [3.8, 4) is 5.75 Å². The van der Waals surface area contributed by atoms with Gasteiger partial charge in [-0.15, -0.1) is 0 Å². The van der Waals surface area contributed by atoms with Crippen LogP contribution in [0.4, 0.5) is 5.69 Å². The van der Waals surface area contributed by atoms with Gasteiger partial charge < -0.3 is 4.74 Å². The van der Waals surface area contributed by atoms with Crippen LogP contribution in [0.25, 0.3) is 0 Å². The molecule has 0 bridgehead atoms. The van der Waals surface area contributed by atoms with E-state index in [0.717, 1.165) is 11.4 Å². The lowest BCUT2D eigenvalue weighted by Crippen LogP contribution is -2.76. The van der Waals surface area contributed by atoms with Gasteiger partial charge in [0.05, 0.1) is 14.2 Å². The normalized spacial score (nSPS) is 9.92. The second kappa shape index (κ2) is 4.09. The predicted molar refractivity (Wildman–Crippen MR) is 46.3 cm³/mol. The maximum absolute atomic E-state index is 5.17. The summed E-state index contributed by atoms with van der Waals surface area (Å²) in [7, 11) is 3.28. The first-order chi connectivity index (χ1) is 5.77. The van der Waals surface area contributed by atoms with Gasteiger partial charge in [0.2, 0.25) is 5.69 Å². The average molecular weight is 168 g/mol. The van der Waals surface area contributed by atoms with Gasteiger partial charge in [-0.3, -0.25) is 0 Å². The van der Waals surface area contributed by atoms with Crippen LogP contribution in [0.5, 0.6) is 5.75 Å². The highest BCUT2D eigenvalue weighted by Gasteiger charge is 2.05. The Bertz CT molecular complexity index is 261. The molecule has 1 aromatic rings. The van der Waals surface area contributed by atoms with E-state index in [-0.39, 0.29) is 0 Å². The summed E-state index contributed by atoms with van der Waals surface area (Å²) in [6.45, 7) is 2.03. The molecular weight excluding hydrogens is 154 g/mol. The van der Waals surface area contributed by atoms with Crippen LogP contribution in [0.1, 0.15) is 5.56 Å². The van der Waals surface area contributed by atoms with Crippen LogP contribution in [-0.2, 0) is 4.84 Å². The van der Waals surface area contributed by atoms with Crippen molar-refractivity contribution in [2.24, 2.45) is 0 Å². The molecule has 0 fully saturated rings. The summed E-state index contributed by atoms with van der Waals surface area (Å²) in [5, 5.41) is 0. The number of hydrogen-bond donors (Lipinski definition) is 1. The first kappa shape index (κ1) is 9.03. The molecular formula is C9H14NO2+. The molecule has 0 amide bonds. The summed E-state index contributed by atoms with van der Waals surface area (Å²) in [5.41, 5.74) is 3.81. The van der Waals surface area contributed by atoms with Gasteiger partial charge in [-0.1, -0.05) is 6.07 Å². The van der Waals surface area contributed by atoms with E-state index in [9.17, 15) is 0 Å². The van der Waals surface area contributed by atoms with Gasteiger partial charge in [0.25, 0.3) is 0 Å². The van der Waals surface area contributed by atoms with E-state index in [4.69, 9.17) is 9.57 Å². The fraction of sp³-hybridized carbons (Fsp3) is 0.333. The minimum Gasteiger partial charge on any atom is -0.491 e. The molecule has 0 saturated heterocycles. The van der Waals surface area contributed by atoms with E-state index in [0.29, 0.717) is 0 Å². The van der Waals surface area contributed by atoms with Crippen molar-refractivity contribution in [3.63, 3.8) is 0 Å². The number of quaternary nitrogens is 1. The van der Waals surface area contributed by atoms with Crippen molar-refractivity contribution in [2.45, 2.75) is 6.92 Å². The van der Waals surface area contributed by atoms with Crippen LogP contribution in [0.15, 0.2) is 18.2 Å². The molecule has 2 N–H and O–H groups in total. The number of benzene rings is 1. The fourth-order valence-corrected chi connectivity index (χ4v) is 1.04. The van der Waals surface area contributed by atoms with Crippen molar-refractivity contribution in [3.05, 3.63) is 23.8 Å². The molecule has 0 aliphatic heterocycles. The van der Waals surface area contributed by atoms with Crippen molar-refractivity contribution in [1.29, 1.82) is 0 Å². The van der Waals surface area contributed by atoms with E-state index >= 15 is 0 Å². The Morgan fingerprint density at radius 3 is 2.58 bits per heavy atom. The van der Waals surface area contributed by atoms with Crippen molar-refractivity contribution < 1.29 is 15.1 Å². The summed E-state index contributed by atoms with van der Waals surface area (Å²) in [4.78, 5) is 4.91. The zero-order chi connectivity index (χ0) is 8.97. The van der Waals surface area contributed by atoms with E-state index in [2.05, 4.69) is 0 Å². The van der Waals surface area contributed by atoms with E-state index < -0.39 is 0 Å². The average Bonchev–Trinajstić information content (AvgIpc) is 2.08. The second-order valence-electron chi connectivity index (χ2n) is 2.60. The molecule has 0 radical (unpaired) electrons. The first-order valence-corrected chi connectivity index (χ1v) is 3.78. The van der Waals surface area contributed by atoms with Crippen LogP contribution in [0, 0.1) is 6.92 Å². The maximum atomic E-state index is 5.17. The molecule has 1 rings (SSSR count).